The molecule has 22 heavy (non-hydrogen) atoms. The van der Waals surface area contributed by atoms with E-state index in [0.29, 0.717) is 25.7 Å². The van der Waals surface area contributed by atoms with Crippen molar-refractivity contribution in [3.63, 3.8) is 0 Å². The highest BCUT2D eigenvalue weighted by Gasteiger charge is 2.09. The van der Waals surface area contributed by atoms with Crippen LogP contribution in [0.3, 0.4) is 0 Å². The van der Waals surface area contributed by atoms with Crippen LogP contribution in [0.5, 0.6) is 0 Å². The molecule has 0 aliphatic carbocycles. The van der Waals surface area contributed by atoms with Gasteiger partial charge in [-0.3, -0.25) is 14.8 Å². The molecule has 0 bridgehead atoms. The summed E-state index contributed by atoms with van der Waals surface area (Å²) < 4.78 is 0. The molecule has 0 spiro atoms. The predicted molar refractivity (Wildman–Crippen MR) is 85.7 cm³/mol. The molecule has 2 N–H and O–H groups in total. The van der Waals surface area contributed by atoms with Gasteiger partial charge in [0.1, 0.15) is 5.78 Å². The molecule has 0 atom stereocenters. The molecule has 0 aromatic heterocycles. The molecule has 0 fully saturated rings. The van der Waals surface area contributed by atoms with Crippen molar-refractivity contribution in [2.75, 3.05) is 19.6 Å². The van der Waals surface area contributed by atoms with E-state index in [9.17, 15) is 9.59 Å². The lowest BCUT2D eigenvalue weighted by atomic mass is 10.1. The van der Waals surface area contributed by atoms with E-state index in [1.165, 1.54) is 0 Å². The molecular weight excluding hydrogens is 280 g/mol. The molecule has 0 aliphatic rings. The van der Waals surface area contributed by atoms with E-state index in [4.69, 9.17) is 5.21 Å². The fourth-order valence-electron chi connectivity index (χ4n) is 2.37. The average Bonchev–Trinajstić information content (AvgIpc) is 2.53. The Labute approximate surface area is 132 Å². The van der Waals surface area contributed by atoms with Crippen LogP contribution in [0.1, 0.15) is 38.2 Å². The van der Waals surface area contributed by atoms with Gasteiger partial charge in [-0.15, -0.1) is 0 Å². The molecule has 0 aliphatic heterocycles. The van der Waals surface area contributed by atoms with Gasteiger partial charge in [0.05, 0.1) is 0 Å². The van der Waals surface area contributed by atoms with Gasteiger partial charge in [-0.2, -0.15) is 0 Å². The van der Waals surface area contributed by atoms with Crippen molar-refractivity contribution < 1.29 is 14.8 Å². The Kier molecular flexibility index (Phi) is 9.11. The minimum absolute atomic E-state index is 0.236. The first-order valence-corrected chi connectivity index (χ1v) is 7.86. The van der Waals surface area contributed by atoms with Crippen LogP contribution < -0.4 is 5.48 Å². The Morgan fingerprint density at radius 1 is 1.09 bits per heavy atom. The summed E-state index contributed by atoms with van der Waals surface area (Å²) in [6.45, 7) is 4.50. The van der Waals surface area contributed by atoms with Crippen molar-refractivity contribution in [1.82, 2.24) is 10.4 Å². The summed E-state index contributed by atoms with van der Waals surface area (Å²) in [6.07, 6.45) is 3.00. The Morgan fingerprint density at radius 3 is 2.45 bits per heavy atom. The van der Waals surface area contributed by atoms with Gasteiger partial charge in [-0.25, -0.2) is 5.48 Å². The zero-order valence-electron chi connectivity index (χ0n) is 13.3. The van der Waals surface area contributed by atoms with E-state index in [-0.39, 0.29) is 11.7 Å². The zero-order chi connectivity index (χ0) is 16.2. The number of amides is 1. The van der Waals surface area contributed by atoms with Crippen molar-refractivity contribution in [1.29, 1.82) is 0 Å². The minimum Gasteiger partial charge on any atom is -0.303 e. The van der Waals surface area contributed by atoms with E-state index in [1.54, 1.807) is 5.48 Å². The van der Waals surface area contributed by atoms with Crippen molar-refractivity contribution in [2.45, 2.75) is 39.0 Å². The number of benzene rings is 1. The molecule has 0 radical (unpaired) electrons. The van der Waals surface area contributed by atoms with Crippen LogP contribution >= 0.6 is 0 Å². The minimum atomic E-state index is -0.364. The van der Waals surface area contributed by atoms with E-state index >= 15 is 0 Å². The van der Waals surface area contributed by atoms with Gasteiger partial charge in [0.15, 0.2) is 0 Å². The standard InChI is InChI=1S/C17H26N2O3/c1-2-11-19(12-6-9-17(21)18-22)13-10-16(20)14-15-7-4-3-5-8-15/h3-5,7-8,22H,2,6,9-14H2,1H3,(H,18,21). The monoisotopic (exact) mass is 306 g/mol. The van der Waals surface area contributed by atoms with Crippen LogP contribution in [0.15, 0.2) is 30.3 Å². The summed E-state index contributed by atoms with van der Waals surface area (Å²) in [5, 5.41) is 8.46. The van der Waals surface area contributed by atoms with E-state index in [2.05, 4.69) is 11.8 Å². The molecule has 1 aromatic rings. The predicted octanol–water partition coefficient (Wildman–Crippen LogP) is 2.19. The first-order valence-electron chi connectivity index (χ1n) is 7.86. The first kappa shape index (κ1) is 18.3. The fourth-order valence-corrected chi connectivity index (χ4v) is 2.37. The topological polar surface area (TPSA) is 69.6 Å². The Hall–Kier alpha value is -1.72. The maximum Gasteiger partial charge on any atom is 0.243 e. The summed E-state index contributed by atoms with van der Waals surface area (Å²) in [5.74, 6) is -0.128. The summed E-state index contributed by atoms with van der Waals surface area (Å²) in [4.78, 5) is 25.2. The molecule has 1 aromatic carbocycles. The third-order valence-corrected chi connectivity index (χ3v) is 3.49. The Morgan fingerprint density at radius 2 is 1.82 bits per heavy atom. The lowest BCUT2D eigenvalue weighted by molar-refractivity contribution is -0.129. The molecule has 122 valence electrons. The normalized spacial score (nSPS) is 10.7. The van der Waals surface area contributed by atoms with E-state index < -0.39 is 0 Å². The largest absolute Gasteiger partial charge is 0.303 e. The van der Waals surface area contributed by atoms with Crippen LogP contribution in [0.25, 0.3) is 0 Å². The number of hydrogen-bond acceptors (Lipinski definition) is 4. The molecular formula is C17H26N2O3. The third-order valence-electron chi connectivity index (χ3n) is 3.49. The number of hydrogen-bond donors (Lipinski definition) is 2. The highest BCUT2D eigenvalue weighted by atomic mass is 16.5. The molecule has 0 heterocycles. The SMILES string of the molecule is CCCN(CCCC(=O)NO)CCC(=O)Cc1ccccc1. The lowest BCUT2D eigenvalue weighted by Gasteiger charge is -2.21. The molecule has 1 amide bonds. The number of carbonyl (C=O) groups is 2. The Bertz CT molecular complexity index is 448. The number of carbonyl (C=O) groups excluding carboxylic acids is 2. The summed E-state index contributed by atoms with van der Waals surface area (Å²) in [6, 6.07) is 9.76. The number of nitrogens with zero attached hydrogens (tertiary/aromatic N) is 1. The van der Waals surface area contributed by atoms with E-state index in [0.717, 1.165) is 31.6 Å². The summed E-state index contributed by atoms with van der Waals surface area (Å²) in [5.41, 5.74) is 2.69. The molecule has 1 rings (SSSR count). The highest BCUT2D eigenvalue weighted by Crippen LogP contribution is 2.04. The van der Waals surface area contributed by atoms with Gasteiger partial charge in [-0.1, -0.05) is 37.3 Å². The van der Waals surface area contributed by atoms with Crippen LogP contribution in [0.4, 0.5) is 0 Å². The van der Waals surface area contributed by atoms with Crippen molar-refractivity contribution in [2.24, 2.45) is 0 Å². The van der Waals surface area contributed by atoms with Gasteiger partial charge in [-0.05, 0) is 31.5 Å². The zero-order valence-corrected chi connectivity index (χ0v) is 13.3. The fraction of sp³-hybridized carbons (Fsp3) is 0.529. The second kappa shape index (κ2) is 10.9. The second-order valence-corrected chi connectivity index (χ2v) is 5.43. The highest BCUT2D eigenvalue weighted by molar-refractivity contribution is 5.81. The van der Waals surface area contributed by atoms with Gasteiger partial charge < -0.3 is 4.90 Å². The molecule has 0 unspecified atom stereocenters. The van der Waals surface area contributed by atoms with Crippen molar-refractivity contribution >= 4 is 11.7 Å². The first-order chi connectivity index (χ1) is 10.7. The average molecular weight is 306 g/mol. The number of Topliss-reactive ketones (excluding diaryl/α,β-unsaturated/α-hetero) is 1. The van der Waals surface area contributed by atoms with E-state index in [1.807, 2.05) is 30.3 Å². The molecule has 0 saturated carbocycles. The summed E-state index contributed by atoms with van der Waals surface area (Å²) in [7, 11) is 0. The number of nitrogens with one attached hydrogen (secondary N) is 1. The number of rotatable bonds is 11. The van der Waals surface area contributed by atoms with Crippen LogP contribution in [0.2, 0.25) is 0 Å². The van der Waals surface area contributed by atoms with Crippen molar-refractivity contribution in [3.8, 4) is 0 Å². The maximum absolute atomic E-state index is 12.0. The lowest BCUT2D eigenvalue weighted by Crippen LogP contribution is -2.29. The summed E-state index contributed by atoms with van der Waals surface area (Å²) >= 11 is 0. The third kappa shape index (κ3) is 7.90. The van der Waals surface area contributed by atoms with Gasteiger partial charge in [0.25, 0.3) is 0 Å². The number of ketones is 1. The van der Waals surface area contributed by atoms with Gasteiger partial charge in [0.2, 0.25) is 5.91 Å². The van der Waals surface area contributed by atoms with Gasteiger partial charge >= 0.3 is 0 Å². The Balaban J connectivity index is 2.30. The number of hydroxylamine groups is 1. The van der Waals surface area contributed by atoms with Gasteiger partial charge in [0, 0.05) is 25.8 Å². The smallest absolute Gasteiger partial charge is 0.243 e. The van der Waals surface area contributed by atoms with Crippen molar-refractivity contribution in [3.05, 3.63) is 35.9 Å². The molecule has 5 heteroatoms. The van der Waals surface area contributed by atoms with Crippen LogP contribution in [-0.2, 0) is 16.0 Å². The molecule has 5 nitrogen and oxygen atoms in total. The maximum atomic E-state index is 12.0. The van der Waals surface area contributed by atoms with Crippen LogP contribution in [-0.4, -0.2) is 41.4 Å². The molecule has 0 saturated heterocycles. The quantitative estimate of drug-likeness (QED) is 0.486. The van der Waals surface area contributed by atoms with Crippen LogP contribution in [0, 0.1) is 0 Å². The second-order valence-electron chi connectivity index (χ2n) is 5.43.